The van der Waals surface area contributed by atoms with E-state index in [0.29, 0.717) is 11.1 Å². The van der Waals surface area contributed by atoms with Gasteiger partial charge in [0, 0.05) is 39.9 Å². The third-order valence-corrected chi connectivity index (χ3v) is 4.01. The van der Waals surface area contributed by atoms with Gasteiger partial charge in [0.05, 0.1) is 5.56 Å². The lowest BCUT2D eigenvalue weighted by molar-refractivity contribution is 0.0699. The predicted molar refractivity (Wildman–Crippen MR) is 82.9 cm³/mol. The van der Waals surface area contributed by atoms with E-state index in [1.807, 2.05) is 25.1 Å². The van der Waals surface area contributed by atoms with E-state index in [2.05, 4.69) is 5.32 Å². The number of hydrogen-bond donors (Lipinski definition) is 2. The van der Waals surface area contributed by atoms with Crippen LogP contribution >= 0.6 is 0 Å². The monoisotopic (exact) mass is 291 g/mol. The number of carboxylic acids is 1. The zero-order valence-electron chi connectivity index (χ0n) is 11.4. The van der Waals surface area contributed by atoms with Crippen LogP contribution in [0, 0.1) is 0 Å². The Morgan fingerprint density at radius 1 is 1.25 bits per heavy atom. The van der Waals surface area contributed by atoms with Gasteiger partial charge in [-0.25, -0.2) is 4.79 Å². The molecule has 2 atom stereocenters. The molecule has 2 aromatic carbocycles. The van der Waals surface area contributed by atoms with Crippen LogP contribution in [0.2, 0.25) is 0 Å². The van der Waals surface area contributed by atoms with Crippen LogP contribution in [-0.2, 0) is 10.8 Å². The lowest BCUT2D eigenvalue weighted by Crippen LogP contribution is -2.22. The highest BCUT2D eigenvalue weighted by Gasteiger charge is 2.12. The van der Waals surface area contributed by atoms with Gasteiger partial charge in [-0.2, -0.15) is 0 Å². The van der Waals surface area contributed by atoms with Crippen molar-refractivity contribution >= 4 is 33.2 Å². The summed E-state index contributed by atoms with van der Waals surface area (Å²) in [7, 11) is -0.871. The lowest BCUT2D eigenvalue weighted by atomic mass is 10.0. The summed E-state index contributed by atoms with van der Waals surface area (Å²) in [5.74, 6) is -0.384. The van der Waals surface area contributed by atoms with E-state index in [1.54, 1.807) is 24.5 Å². The van der Waals surface area contributed by atoms with E-state index in [4.69, 9.17) is 0 Å². The van der Waals surface area contributed by atoms with Gasteiger partial charge in [-0.15, -0.1) is 0 Å². The summed E-state index contributed by atoms with van der Waals surface area (Å²) in [5, 5.41) is 14.1. The molecule has 2 N–H and O–H groups in total. The molecular weight excluding hydrogens is 274 g/mol. The largest absolute Gasteiger partial charge is 0.478 e. The van der Waals surface area contributed by atoms with E-state index in [-0.39, 0.29) is 11.6 Å². The summed E-state index contributed by atoms with van der Waals surface area (Å²) in [5.41, 5.74) is 1.15. The van der Waals surface area contributed by atoms with Crippen LogP contribution < -0.4 is 5.32 Å². The highest BCUT2D eigenvalue weighted by molar-refractivity contribution is 7.84. The summed E-state index contributed by atoms with van der Waals surface area (Å²) >= 11 is 0. The molecule has 0 saturated heterocycles. The third kappa shape index (κ3) is 3.17. The van der Waals surface area contributed by atoms with Crippen LogP contribution in [0.4, 0.5) is 5.69 Å². The SMILES string of the molecule is CC(CS(C)=O)Nc1ccc(C(=O)O)c2ccccc12. The van der Waals surface area contributed by atoms with Crippen LogP contribution in [-0.4, -0.2) is 33.3 Å². The molecule has 0 radical (unpaired) electrons. The number of benzene rings is 2. The topological polar surface area (TPSA) is 66.4 Å². The van der Waals surface area contributed by atoms with E-state index < -0.39 is 16.8 Å². The van der Waals surface area contributed by atoms with Crippen molar-refractivity contribution in [3.05, 3.63) is 42.0 Å². The Bertz CT molecular complexity index is 669. The van der Waals surface area contributed by atoms with E-state index >= 15 is 0 Å². The second-order valence-corrected chi connectivity index (χ2v) is 6.28. The Morgan fingerprint density at radius 3 is 2.50 bits per heavy atom. The van der Waals surface area contributed by atoms with Crippen molar-refractivity contribution in [2.45, 2.75) is 13.0 Å². The number of anilines is 1. The number of aromatic carboxylic acids is 1. The highest BCUT2D eigenvalue weighted by Crippen LogP contribution is 2.27. The molecular formula is C15H17NO3S. The van der Waals surface area contributed by atoms with E-state index in [0.717, 1.165) is 11.1 Å². The molecule has 0 aromatic heterocycles. The van der Waals surface area contributed by atoms with Crippen molar-refractivity contribution in [2.24, 2.45) is 0 Å². The molecule has 0 aliphatic rings. The maximum absolute atomic E-state index is 11.2. The Kier molecular flexibility index (Phi) is 4.39. The molecule has 0 fully saturated rings. The Labute approximate surface area is 120 Å². The van der Waals surface area contributed by atoms with Gasteiger partial charge in [-0.05, 0) is 24.4 Å². The number of rotatable bonds is 5. The molecule has 0 heterocycles. The first-order valence-corrected chi connectivity index (χ1v) is 8.03. The third-order valence-electron chi connectivity index (χ3n) is 3.04. The van der Waals surface area contributed by atoms with Gasteiger partial charge >= 0.3 is 5.97 Å². The fraction of sp³-hybridized carbons (Fsp3) is 0.267. The van der Waals surface area contributed by atoms with Gasteiger partial charge < -0.3 is 10.4 Å². The molecule has 0 saturated carbocycles. The van der Waals surface area contributed by atoms with Crippen molar-refractivity contribution in [1.29, 1.82) is 0 Å². The number of carbonyl (C=O) groups is 1. The second kappa shape index (κ2) is 6.05. The lowest BCUT2D eigenvalue weighted by Gasteiger charge is -2.16. The van der Waals surface area contributed by atoms with Crippen LogP contribution in [0.5, 0.6) is 0 Å². The van der Waals surface area contributed by atoms with Gasteiger partial charge in [0.15, 0.2) is 0 Å². The molecule has 2 unspecified atom stereocenters. The molecule has 0 aliphatic carbocycles. The highest BCUT2D eigenvalue weighted by atomic mass is 32.2. The first-order valence-electron chi connectivity index (χ1n) is 6.30. The zero-order chi connectivity index (χ0) is 14.7. The summed E-state index contributed by atoms with van der Waals surface area (Å²) in [6.07, 6.45) is 1.67. The summed E-state index contributed by atoms with van der Waals surface area (Å²) < 4.78 is 11.2. The van der Waals surface area contributed by atoms with Gasteiger partial charge in [0.1, 0.15) is 0 Å². The molecule has 2 aromatic rings. The van der Waals surface area contributed by atoms with Gasteiger partial charge in [0.2, 0.25) is 0 Å². The van der Waals surface area contributed by atoms with E-state index in [9.17, 15) is 14.1 Å². The molecule has 0 spiro atoms. The van der Waals surface area contributed by atoms with Crippen molar-refractivity contribution in [1.82, 2.24) is 0 Å². The minimum Gasteiger partial charge on any atom is -0.478 e. The first-order chi connectivity index (χ1) is 9.49. The summed E-state index contributed by atoms with van der Waals surface area (Å²) in [6.45, 7) is 1.96. The standard InChI is InChI=1S/C15H17NO3S/c1-10(9-20(2)19)16-14-8-7-13(15(17)18)11-5-3-4-6-12(11)14/h3-8,10,16H,9H2,1-2H3,(H,17,18). The minimum atomic E-state index is -0.935. The number of carboxylic acid groups (broad SMARTS) is 1. The maximum atomic E-state index is 11.2. The molecule has 20 heavy (non-hydrogen) atoms. The maximum Gasteiger partial charge on any atom is 0.336 e. The van der Waals surface area contributed by atoms with Crippen LogP contribution in [0.1, 0.15) is 17.3 Å². The quantitative estimate of drug-likeness (QED) is 0.889. The van der Waals surface area contributed by atoms with Crippen molar-refractivity contribution in [2.75, 3.05) is 17.3 Å². The molecule has 0 aliphatic heterocycles. The molecule has 4 nitrogen and oxygen atoms in total. The van der Waals surface area contributed by atoms with Crippen molar-refractivity contribution < 1.29 is 14.1 Å². The van der Waals surface area contributed by atoms with Gasteiger partial charge in [0.25, 0.3) is 0 Å². The molecule has 5 heteroatoms. The fourth-order valence-electron chi connectivity index (χ4n) is 2.27. The average Bonchev–Trinajstić information content (AvgIpc) is 2.37. The van der Waals surface area contributed by atoms with Gasteiger partial charge in [-0.1, -0.05) is 24.3 Å². The Hall–Kier alpha value is -1.88. The normalized spacial score (nSPS) is 13.9. The predicted octanol–water partition coefficient (Wildman–Crippen LogP) is 2.72. The summed E-state index contributed by atoms with van der Waals surface area (Å²) in [6, 6.07) is 10.8. The second-order valence-electron chi connectivity index (χ2n) is 4.80. The van der Waals surface area contributed by atoms with Crippen molar-refractivity contribution in [3.63, 3.8) is 0 Å². The number of hydrogen-bond acceptors (Lipinski definition) is 3. The van der Waals surface area contributed by atoms with Gasteiger partial charge in [-0.3, -0.25) is 4.21 Å². The number of nitrogens with one attached hydrogen (secondary N) is 1. The Morgan fingerprint density at radius 2 is 1.90 bits per heavy atom. The molecule has 0 amide bonds. The number of fused-ring (bicyclic) bond motifs is 1. The van der Waals surface area contributed by atoms with Crippen LogP contribution in [0.25, 0.3) is 10.8 Å². The summed E-state index contributed by atoms with van der Waals surface area (Å²) in [4.78, 5) is 11.2. The molecule has 0 bridgehead atoms. The van der Waals surface area contributed by atoms with Crippen LogP contribution in [0.15, 0.2) is 36.4 Å². The molecule has 106 valence electrons. The first kappa shape index (κ1) is 14.5. The zero-order valence-corrected chi connectivity index (χ0v) is 12.2. The van der Waals surface area contributed by atoms with Crippen molar-refractivity contribution in [3.8, 4) is 0 Å². The molecule has 2 rings (SSSR count). The minimum absolute atomic E-state index is 0.0555. The fourth-order valence-corrected chi connectivity index (χ4v) is 3.06. The van der Waals surface area contributed by atoms with E-state index in [1.165, 1.54) is 0 Å². The Balaban J connectivity index is 2.43. The average molecular weight is 291 g/mol. The van der Waals surface area contributed by atoms with Crippen LogP contribution in [0.3, 0.4) is 0 Å². The smallest absolute Gasteiger partial charge is 0.336 e.